The van der Waals surface area contributed by atoms with Crippen LogP contribution >= 0.6 is 0 Å². The molecule has 0 unspecified atom stereocenters. The Morgan fingerprint density at radius 2 is 2.17 bits per heavy atom. The lowest BCUT2D eigenvalue weighted by atomic mass is 10.3. The van der Waals surface area contributed by atoms with Crippen LogP contribution in [0.3, 0.4) is 0 Å². The second-order valence-corrected chi connectivity index (χ2v) is 4.76. The molecule has 0 saturated carbocycles. The van der Waals surface area contributed by atoms with Crippen LogP contribution in [0.5, 0.6) is 0 Å². The first-order valence-corrected chi connectivity index (χ1v) is 6.59. The summed E-state index contributed by atoms with van der Waals surface area (Å²) in [7, 11) is 0. The Morgan fingerprint density at radius 3 is 2.83 bits per heavy atom. The van der Waals surface area contributed by atoms with Crippen LogP contribution in [0.25, 0.3) is 0 Å². The van der Waals surface area contributed by atoms with Crippen molar-refractivity contribution in [1.82, 2.24) is 9.88 Å². The van der Waals surface area contributed by atoms with Crippen LogP contribution < -0.4 is 10.9 Å². The van der Waals surface area contributed by atoms with Crippen molar-refractivity contribution in [3.05, 3.63) is 34.2 Å². The smallest absolute Gasteiger partial charge is 0.250 e. The van der Waals surface area contributed by atoms with Crippen molar-refractivity contribution in [3.8, 4) is 0 Å². The summed E-state index contributed by atoms with van der Waals surface area (Å²) in [5.41, 5.74) is 1.08. The highest BCUT2D eigenvalue weighted by molar-refractivity contribution is 5.07. The van der Waals surface area contributed by atoms with Crippen molar-refractivity contribution >= 4 is 0 Å². The molecule has 0 bridgehead atoms. The molecule has 0 aliphatic rings. The molecule has 18 heavy (non-hydrogen) atoms. The molecular formula is C14H24N2O2. The minimum absolute atomic E-state index is 0.0694. The Bertz CT molecular complexity index is 399. The molecule has 0 amide bonds. The molecule has 0 aromatic carbocycles. The number of hydrogen-bond acceptors (Lipinski definition) is 3. The Hall–Kier alpha value is -1.13. The minimum Gasteiger partial charge on any atom is -0.379 e. The maximum atomic E-state index is 11.6. The number of rotatable bonds is 8. The predicted molar refractivity (Wildman–Crippen MR) is 74.0 cm³/mol. The number of pyridine rings is 1. The molecule has 0 aliphatic heterocycles. The fourth-order valence-corrected chi connectivity index (χ4v) is 1.63. The Morgan fingerprint density at radius 1 is 1.39 bits per heavy atom. The highest BCUT2D eigenvalue weighted by Crippen LogP contribution is 1.91. The number of nitrogens with one attached hydrogen (secondary N) is 1. The van der Waals surface area contributed by atoms with E-state index in [1.54, 1.807) is 10.6 Å². The van der Waals surface area contributed by atoms with Gasteiger partial charge in [0.25, 0.3) is 5.56 Å². The van der Waals surface area contributed by atoms with Crippen LogP contribution in [0.4, 0.5) is 0 Å². The molecular weight excluding hydrogens is 228 g/mol. The van der Waals surface area contributed by atoms with Gasteiger partial charge in [-0.1, -0.05) is 0 Å². The lowest BCUT2D eigenvalue weighted by Gasteiger charge is -2.09. The third-order valence-corrected chi connectivity index (χ3v) is 2.63. The number of aromatic nitrogens is 1. The summed E-state index contributed by atoms with van der Waals surface area (Å²) >= 11 is 0. The van der Waals surface area contributed by atoms with Crippen molar-refractivity contribution in [1.29, 1.82) is 0 Å². The second kappa shape index (κ2) is 8.06. The molecule has 0 spiro atoms. The van der Waals surface area contributed by atoms with Gasteiger partial charge in [0.1, 0.15) is 0 Å². The van der Waals surface area contributed by atoms with E-state index in [0.29, 0.717) is 12.6 Å². The molecule has 1 aromatic heterocycles. The van der Waals surface area contributed by atoms with E-state index in [2.05, 4.69) is 5.32 Å². The van der Waals surface area contributed by atoms with Gasteiger partial charge in [-0.15, -0.1) is 0 Å². The van der Waals surface area contributed by atoms with E-state index in [0.717, 1.165) is 31.7 Å². The van der Waals surface area contributed by atoms with Crippen molar-refractivity contribution in [2.75, 3.05) is 19.7 Å². The third kappa shape index (κ3) is 5.98. The van der Waals surface area contributed by atoms with Crippen LogP contribution in [0.2, 0.25) is 0 Å². The fourth-order valence-electron chi connectivity index (χ4n) is 1.63. The number of aryl methyl sites for hydroxylation is 1. The van der Waals surface area contributed by atoms with Gasteiger partial charge in [0, 0.05) is 32.0 Å². The van der Waals surface area contributed by atoms with Gasteiger partial charge in [0.05, 0.1) is 6.10 Å². The molecule has 0 radical (unpaired) electrons. The van der Waals surface area contributed by atoms with E-state index < -0.39 is 0 Å². The van der Waals surface area contributed by atoms with Crippen molar-refractivity contribution in [3.63, 3.8) is 0 Å². The van der Waals surface area contributed by atoms with E-state index in [4.69, 9.17) is 4.74 Å². The molecule has 4 heteroatoms. The van der Waals surface area contributed by atoms with Crippen LogP contribution in [-0.4, -0.2) is 30.4 Å². The topological polar surface area (TPSA) is 43.3 Å². The van der Waals surface area contributed by atoms with Crippen molar-refractivity contribution < 1.29 is 4.74 Å². The van der Waals surface area contributed by atoms with E-state index >= 15 is 0 Å². The summed E-state index contributed by atoms with van der Waals surface area (Å²) in [6.07, 6.45) is 3.15. The largest absolute Gasteiger partial charge is 0.379 e. The first-order valence-electron chi connectivity index (χ1n) is 6.59. The van der Waals surface area contributed by atoms with Crippen molar-refractivity contribution in [2.45, 2.75) is 39.8 Å². The minimum atomic E-state index is 0.0694. The molecule has 1 N–H and O–H groups in total. The Balaban J connectivity index is 2.13. The van der Waals surface area contributed by atoms with Crippen LogP contribution in [0, 0.1) is 6.92 Å². The monoisotopic (exact) mass is 252 g/mol. The number of nitrogens with zero attached hydrogens (tertiary/aromatic N) is 1. The van der Waals surface area contributed by atoms with Crippen LogP contribution in [0.15, 0.2) is 23.1 Å². The van der Waals surface area contributed by atoms with Gasteiger partial charge >= 0.3 is 0 Å². The first kappa shape index (κ1) is 14.9. The summed E-state index contributed by atoms with van der Waals surface area (Å²) in [6, 6.07) is 3.62. The average molecular weight is 252 g/mol. The highest BCUT2D eigenvalue weighted by Gasteiger charge is 1.96. The molecule has 0 saturated heterocycles. The van der Waals surface area contributed by atoms with Gasteiger partial charge in [-0.3, -0.25) is 4.79 Å². The van der Waals surface area contributed by atoms with Crippen LogP contribution in [0.1, 0.15) is 25.8 Å². The normalized spacial score (nSPS) is 11.1. The van der Waals surface area contributed by atoms with Crippen LogP contribution in [-0.2, 0) is 11.3 Å². The Labute approximate surface area is 109 Å². The SMILES string of the molecule is Cc1ccn(CCNCCCOC(C)C)c(=O)c1. The third-order valence-electron chi connectivity index (χ3n) is 2.63. The highest BCUT2D eigenvalue weighted by atomic mass is 16.5. The average Bonchev–Trinajstić information content (AvgIpc) is 2.30. The fraction of sp³-hybridized carbons (Fsp3) is 0.643. The van der Waals surface area contributed by atoms with E-state index in [9.17, 15) is 4.79 Å². The maximum absolute atomic E-state index is 11.6. The first-order chi connectivity index (χ1) is 8.59. The molecule has 0 fully saturated rings. The van der Waals surface area contributed by atoms with E-state index in [1.807, 2.05) is 33.0 Å². The summed E-state index contributed by atoms with van der Waals surface area (Å²) in [4.78, 5) is 11.6. The molecule has 1 aromatic rings. The summed E-state index contributed by atoms with van der Waals surface area (Å²) in [6.45, 7) is 9.24. The Kier molecular flexibility index (Phi) is 6.68. The number of hydrogen-bond donors (Lipinski definition) is 1. The molecule has 102 valence electrons. The summed E-state index contributed by atoms with van der Waals surface area (Å²) < 4.78 is 7.17. The molecule has 1 heterocycles. The quantitative estimate of drug-likeness (QED) is 0.714. The molecule has 0 aliphatic carbocycles. The van der Waals surface area contributed by atoms with E-state index in [-0.39, 0.29) is 5.56 Å². The van der Waals surface area contributed by atoms with Crippen molar-refractivity contribution in [2.24, 2.45) is 0 Å². The maximum Gasteiger partial charge on any atom is 0.250 e. The zero-order valence-electron chi connectivity index (χ0n) is 11.6. The van der Waals surface area contributed by atoms with Gasteiger partial charge in [0.2, 0.25) is 0 Å². The lowest BCUT2D eigenvalue weighted by Crippen LogP contribution is -2.27. The summed E-state index contributed by atoms with van der Waals surface area (Å²) in [5.74, 6) is 0. The van der Waals surface area contributed by atoms with Gasteiger partial charge in [0.15, 0.2) is 0 Å². The molecule has 4 nitrogen and oxygen atoms in total. The van der Waals surface area contributed by atoms with Gasteiger partial charge < -0.3 is 14.6 Å². The predicted octanol–water partition coefficient (Wildman–Crippen LogP) is 1.56. The molecule has 1 rings (SSSR count). The molecule has 0 atom stereocenters. The van der Waals surface area contributed by atoms with Gasteiger partial charge in [-0.2, -0.15) is 0 Å². The second-order valence-electron chi connectivity index (χ2n) is 4.76. The standard InChI is InChI=1S/C14H24N2O2/c1-12(2)18-10-4-6-15-7-9-16-8-5-13(3)11-14(16)17/h5,8,11-12,15H,4,6-7,9-10H2,1-3H3. The zero-order chi connectivity index (χ0) is 13.4. The van der Waals surface area contributed by atoms with E-state index in [1.165, 1.54) is 0 Å². The number of ether oxygens (including phenoxy) is 1. The summed E-state index contributed by atoms with van der Waals surface area (Å²) in [5, 5.41) is 3.31. The lowest BCUT2D eigenvalue weighted by molar-refractivity contribution is 0.0771. The zero-order valence-corrected chi connectivity index (χ0v) is 11.6. The van der Waals surface area contributed by atoms with Gasteiger partial charge in [-0.25, -0.2) is 0 Å². The van der Waals surface area contributed by atoms with Gasteiger partial charge in [-0.05, 0) is 45.4 Å².